The number of anilines is 1. The molecule has 0 saturated carbocycles. The Hall–Kier alpha value is -2.06. The Morgan fingerprint density at radius 1 is 1.09 bits per heavy atom. The summed E-state index contributed by atoms with van der Waals surface area (Å²) in [4.78, 5) is 14.2. The first-order valence-corrected chi connectivity index (χ1v) is 8.36. The molecule has 120 valence electrons. The third kappa shape index (κ3) is 3.48. The molecule has 0 radical (unpaired) electrons. The van der Waals surface area contributed by atoms with Crippen LogP contribution in [0.4, 0.5) is 5.69 Å². The predicted molar refractivity (Wildman–Crippen MR) is 99.9 cm³/mol. The lowest BCUT2D eigenvalue weighted by Crippen LogP contribution is -2.20. The fourth-order valence-electron chi connectivity index (χ4n) is 2.58. The van der Waals surface area contributed by atoms with Crippen LogP contribution in [0.5, 0.6) is 0 Å². The van der Waals surface area contributed by atoms with Crippen LogP contribution in [0.2, 0.25) is 5.02 Å². The van der Waals surface area contributed by atoms with Gasteiger partial charge in [-0.1, -0.05) is 50.6 Å². The highest BCUT2D eigenvalue weighted by atomic mass is 35.5. The second-order valence-electron chi connectivity index (χ2n) is 5.18. The maximum atomic E-state index is 12.5. The number of hydrogen-bond acceptors (Lipinski definition) is 1. The van der Waals surface area contributed by atoms with Gasteiger partial charge in [0.2, 0.25) is 0 Å². The van der Waals surface area contributed by atoms with Gasteiger partial charge in [-0.25, -0.2) is 0 Å². The van der Waals surface area contributed by atoms with Gasteiger partial charge in [0.25, 0.3) is 5.91 Å². The van der Waals surface area contributed by atoms with E-state index >= 15 is 0 Å². The van der Waals surface area contributed by atoms with Crippen molar-refractivity contribution in [2.24, 2.45) is 0 Å². The summed E-state index contributed by atoms with van der Waals surface area (Å²) in [6, 6.07) is 13.7. The van der Waals surface area contributed by atoms with Crippen molar-refractivity contribution in [2.75, 3.05) is 11.9 Å². The van der Waals surface area contributed by atoms with Gasteiger partial charge in [-0.05, 0) is 47.9 Å². The number of aryl methyl sites for hydroxylation is 1. The van der Waals surface area contributed by atoms with Crippen molar-refractivity contribution in [1.29, 1.82) is 0 Å². The molecule has 2 aromatic rings. The molecule has 0 bridgehead atoms. The largest absolute Gasteiger partial charge is 0.311 e. The molecule has 3 rings (SSSR count). The number of nitrogens with zero attached hydrogens (tertiary/aromatic N) is 1. The highest BCUT2D eigenvalue weighted by Gasteiger charge is 2.29. The van der Waals surface area contributed by atoms with Gasteiger partial charge in [-0.3, -0.25) is 4.79 Å². The summed E-state index contributed by atoms with van der Waals surface area (Å²) < 4.78 is 0. The number of rotatable bonds is 2. The molecule has 0 saturated heterocycles. The molecule has 0 aromatic heterocycles. The molecule has 0 atom stereocenters. The lowest BCUT2D eigenvalue weighted by molar-refractivity contribution is -0.112. The van der Waals surface area contributed by atoms with Crippen LogP contribution in [-0.2, 0) is 11.2 Å². The molecule has 0 spiro atoms. The second-order valence-corrected chi connectivity index (χ2v) is 5.62. The number of benzene rings is 2. The molecule has 2 nitrogen and oxygen atoms in total. The minimum atomic E-state index is 0.0354. The Bertz CT molecular complexity index is 732. The van der Waals surface area contributed by atoms with Gasteiger partial charge in [0.05, 0.1) is 5.69 Å². The predicted octanol–water partition coefficient (Wildman–Crippen LogP) is 5.45. The average molecular weight is 328 g/mol. The fourth-order valence-corrected chi connectivity index (χ4v) is 2.71. The van der Waals surface area contributed by atoms with Gasteiger partial charge in [0, 0.05) is 23.2 Å². The minimum absolute atomic E-state index is 0.0354. The highest BCUT2D eigenvalue weighted by molar-refractivity contribution is 6.35. The standard InChI is InChI=1S/C18H16ClNO.C2H6/c1-3-12-6-9-17-15(10-12)16(18(21)20(17)2)11-13-4-7-14(19)8-5-13;1-2/h4-11H,3H2,1-2H3;1-2H3/b16-11-;. The van der Waals surface area contributed by atoms with Crippen LogP contribution in [-0.4, -0.2) is 13.0 Å². The first-order valence-electron chi connectivity index (χ1n) is 7.98. The summed E-state index contributed by atoms with van der Waals surface area (Å²) in [6.07, 6.45) is 2.89. The zero-order valence-corrected chi connectivity index (χ0v) is 14.8. The Balaban J connectivity index is 0.000000924. The number of carbonyl (C=O) groups is 1. The minimum Gasteiger partial charge on any atom is -0.311 e. The third-order valence-corrected chi connectivity index (χ3v) is 4.09. The number of halogens is 1. The Morgan fingerprint density at radius 3 is 2.35 bits per heavy atom. The molecule has 0 unspecified atom stereocenters. The van der Waals surface area contributed by atoms with Crippen molar-refractivity contribution in [2.45, 2.75) is 27.2 Å². The molecule has 2 aromatic carbocycles. The summed E-state index contributed by atoms with van der Waals surface area (Å²) in [6.45, 7) is 6.12. The van der Waals surface area contributed by atoms with E-state index in [1.807, 2.05) is 57.3 Å². The average Bonchev–Trinajstić information content (AvgIpc) is 2.83. The molecule has 3 heteroatoms. The van der Waals surface area contributed by atoms with E-state index in [-0.39, 0.29) is 5.91 Å². The van der Waals surface area contributed by atoms with Crippen LogP contribution in [0.3, 0.4) is 0 Å². The van der Waals surface area contributed by atoms with E-state index in [9.17, 15) is 4.79 Å². The Morgan fingerprint density at radius 2 is 1.74 bits per heavy atom. The molecule has 1 amide bonds. The maximum absolute atomic E-state index is 12.5. The number of fused-ring (bicyclic) bond motifs is 1. The molecule has 23 heavy (non-hydrogen) atoms. The van der Waals surface area contributed by atoms with E-state index in [0.29, 0.717) is 5.02 Å². The lowest BCUT2D eigenvalue weighted by atomic mass is 10.0. The molecular formula is C20H22ClNO. The van der Waals surface area contributed by atoms with Crippen molar-refractivity contribution >= 4 is 34.8 Å². The molecule has 1 aliphatic rings. The summed E-state index contributed by atoms with van der Waals surface area (Å²) in [5, 5.41) is 0.695. The fraction of sp³-hybridized carbons (Fsp3) is 0.250. The second kappa shape index (κ2) is 7.47. The van der Waals surface area contributed by atoms with Crippen LogP contribution >= 0.6 is 11.6 Å². The maximum Gasteiger partial charge on any atom is 0.258 e. The molecule has 0 aliphatic carbocycles. The van der Waals surface area contributed by atoms with Gasteiger partial charge >= 0.3 is 0 Å². The van der Waals surface area contributed by atoms with Gasteiger partial charge in [0.15, 0.2) is 0 Å². The van der Waals surface area contributed by atoms with Crippen molar-refractivity contribution in [1.82, 2.24) is 0 Å². The van der Waals surface area contributed by atoms with E-state index in [1.165, 1.54) is 5.56 Å². The third-order valence-electron chi connectivity index (χ3n) is 3.84. The van der Waals surface area contributed by atoms with Crippen molar-refractivity contribution in [3.63, 3.8) is 0 Å². The SMILES string of the molecule is CC.CCc1ccc2c(c1)/C(=C/c1ccc(Cl)cc1)C(=O)N2C. The van der Waals surface area contributed by atoms with Crippen LogP contribution in [0, 0.1) is 0 Å². The first kappa shape index (κ1) is 17.3. The van der Waals surface area contributed by atoms with E-state index in [0.717, 1.165) is 28.8 Å². The molecule has 1 aliphatic heterocycles. The van der Waals surface area contributed by atoms with E-state index in [1.54, 1.807) is 4.90 Å². The van der Waals surface area contributed by atoms with Crippen LogP contribution < -0.4 is 4.90 Å². The Kier molecular flexibility index (Phi) is 5.62. The monoisotopic (exact) mass is 327 g/mol. The molecule has 0 N–H and O–H groups in total. The van der Waals surface area contributed by atoms with Crippen molar-refractivity contribution < 1.29 is 4.79 Å². The summed E-state index contributed by atoms with van der Waals surface area (Å²) in [7, 11) is 1.81. The number of likely N-dealkylation sites (N-methyl/N-ethyl adjacent to an activating group) is 1. The van der Waals surface area contributed by atoms with Crippen LogP contribution in [0.15, 0.2) is 42.5 Å². The van der Waals surface area contributed by atoms with Gasteiger partial charge in [-0.2, -0.15) is 0 Å². The number of carbonyl (C=O) groups excluding carboxylic acids is 1. The lowest BCUT2D eigenvalue weighted by Gasteiger charge is -2.09. The zero-order chi connectivity index (χ0) is 17.0. The van der Waals surface area contributed by atoms with Gasteiger partial charge in [0.1, 0.15) is 0 Å². The normalized spacial score (nSPS) is 14.6. The van der Waals surface area contributed by atoms with E-state index in [4.69, 9.17) is 11.6 Å². The zero-order valence-electron chi connectivity index (χ0n) is 14.1. The first-order chi connectivity index (χ1) is 11.1. The summed E-state index contributed by atoms with van der Waals surface area (Å²) in [5.41, 5.74) is 4.93. The molecule has 1 heterocycles. The highest BCUT2D eigenvalue weighted by Crippen LogP contribution is 2.37. The van der Waals surface area contributed by atoms with Crippen molar-refractivity contribution in [3.05, 3.63) is 64.2 Å². The number of amides is 1. The van der Waals surface area contributed by atoms with Gasteiger partial charge < -0.3 is 4.90 Å². The number of hydrogen-bond donors (Lipinski definition) is 0. The van der Waals surface area contributed by atoms with Crippen molar-refractivity contribution in [3.8, 4) is 0 Å². The Labute approximate surface area is 143 Å². The molecule has 0 fully saturated rings. The summed E-state index contributed by atoms with van der Waals surface area (Å²) in [5.74, 6) is 0.0354. The van der Waals surface area contributed by atoms with Gasteiger partial charge in [-0.15, -0.1) is 0 Å². The smallest absolute Gasteiger partial charge is 0.258 e. The van der Waals surface area contributed by atoms with E-state index in [2.05, 4.69) is 19.1 Å². The van der Waals surface area contributed by atoms with E-state index < -0.39 is 0 Å². The van der Waals surface area contributed by atoms with Crippen LogP contribution in [0.25, 0.3) is 11.6 Å². The van der Waals surface area contributed by atoms with Crippen LogP contribution in [0.1, 0.15) is 37.5 Å². The quantitative estimate of drug-likeness (QED) is 0.672. The summed E-state index contributed by atoms with van der Waals surface area (Å²) >= 11 is 5.90. The molecular weight excluding hydrogens is 306 g/mol. The topological polar surface area (TPSA) is 20.3 Å².